The maximum atomic E-state index is 11.5. The zero-order valence-electron chi connectivity index (χ0n) is 14.3. The molecule has 0 bridgehead atoms. The summed E-state index contributed by atoms with van der Waals surface area (Å²) < 4.78 is 5.18. The molecule has 1 aromatic heterocycles. The van der Waals surface area contributed by atoms with Crippen LogP contribution in [0.5, 0.6) is 5.75 Å². The molecule has 3 rings (SSSR count). The minimum absolute atomic E-state index is 0.427. The van der Waals surface area contributed by atoms with Gasteiger partial charge in [0.25, 0.3) is 5.91 Å². The Bertz CT molecular complexity index is 882. The number of H-pyrrole nitrogens is 1. The molecule has 25 heavy (non-hydrogen) atoms. The molecule has 0 aliphatic heterocycles. The van der Waals surface area contributed by atoms with E-state index in [1.165, 1.54) is 0 Å². The van der Waals surface area contributed by atoms with Crippen molar-refractivity contribution >= 4 is 11.6 Å². The normalized spacial score (nSPS) is 10.5. The predicted molar refractivity (Wildman–Crippen MR) is 99.8 cm³/mol. The first-order valence-electron chi connectivity index (χ1n) is 8.04. The van der Waals surface area contributed by atoms with Gasteiger partial charge in [0, 0.05) is 29.2 Å². The van der Waals surface area contributed by atoms with E-state index in [-0.39, 0.29) is 0 Å². The number of methoxy groups -OCH3 is 1. The zero-order chi connectivity index (χ0) is 17.8. The van der Waals surface area contributed by atoms with Crippen molar-refractivity contribution in [3.8, 4) is 17.0 Å². The Morgan fingerprint density at radius 2 is 1.88 bits per heavy atom. The molecule has 2 aromatic carbocycles. The third-order valence-electron chi connectivity index (χ3n) is 4.14. The van der Waals surface area contributed by atoms with Crippen molar-refractivity contribution in [1.82, 2.24) is 4.98 Å². The highest BCUT2D eigenvalue weighted by atomic mass is 16.5. The van der Waals surface area contributed by atoms with Gasteiger partial charge < -0.3 is 20.8 Å². The summed E-state index contributed by atoms with van der Waals surface area (Å²) in [6.45, 7) is 2.53. The van der Waals surface area contributed by atoms with Gasteiger partial charge in [0.05, 0.1) is 12.7 Å². The maximum absolute atomic E-state index is 11.5. The highest BCUT2D eigenvalue weighted by molar-refractivity contribution is 5.96. The van der Waals surface area contributed by atoms with Crippen molar-refractivity contribution in [2.24, 2.45) is 5.73 Å². The van der Waals surface area contributed by atoms with Crippen molar-refractivity contribution in [3.63, 3.8) is 0 Å². The van der Waals surface area contributed by atoms with Crippen LogP contribution in [-0.2, 0) is 6.54 Å². The molecular formula is C20H21N3O2. The van der Waals surface area contributed by atoms with Crippen molar-refractivity contribution in [3.05, 3.63) is 71.4 Å². The molecule has 3 aromatic rings. The number of ether oxygens (including phenoxy) is 1. The number of carbonyl (C=O) groups is 1. The summed E-state index contributed by atoms with van der Waals surface area (Å²) in [6.07, 6.45) is 0. The molecule has 5 heteroatoms. The predicted octanol–water partition coefficient (Wildman–Crippen LogP) is 3.71. The van der Waals surface area contributed by atoms with Crippen LogP contribution in [-0.4, -0.2) is 18.0 Å². The maximum Gasteiger partial charge on any atom is 0.250 e. The Balaban J connectivity index is 1.83. The third kappa shape index (κ3) is 3.66. The molecule has 0 saturated heterocycles. The van der Waals surface area contributed by atoms with Gasteiger partial charge in [-0.3, -0.25) is 4.79 Å². The van der Waals surface area contributed by atoms with Gasteiger partial charge in [0.2, 0.25) is 0 Å². The van der Waals surface area contributed by atoms with E-state index in [9.17, 15) is 4.79 Å². The van der Waals surface area contributed by atoms with Crippen molar-refractivity contribution in [2.45, 2.75) is 13.5 Å². The molecule has 0 saturated carbocycles. The molecule has 0 aliphatic rings. The number of hydrogen-bond acceptors (Lipinski definition) is 3. The Morgan fingerprint density at radius 3 is 2.52 bits per heavy atom. The number of nitrogens with one attached hydrogen (secondary N) is 2. The van der Waals surface area contributed by atoms with Crippen molar-refractivity contribution in [1.29, 1.82) is 0 Å². The minimum Gasteiger partial charge on any atom is -0.497 e. The van der Waals surface area contributed by atoms with Crippen LogP contribution < -0.4 is 15.8 Å². The fourth-order valence-electron chi connectivity index (χ4n) is 2.77. The summed E-state index contributed by atoms with van der Waals surface area (Å²) in [7, 11) is 1.65. The van der Waals surface area contributed by atoms with Crippen LogP contribution in [0.3, 0.4) is 0 Å². The molecule has 1 heterocycles. The lowest BCUT2D eigenvalue weighted by atomic mass is 10.1. The number of nitrogens with two attached hydrogens (primary N) is 1. The lowest BCUT2D eigenvalue weighted by Gasteiger charge is -2.11. The largest absolute Gasteiger partial charge is 0.497 e. The number of hydrogen-bond donors (Lipinski definition) is 3. The number of para-hydroxylation sites is 1. The Morgan fingerprint density at radius 1 is 1.16 bits per heavy atom. The number of primary amides is 1. The summed E-state index contributed by atoms with van der Waals surface area (Å²) in [6, 6.07) is 17.7. The molecular weight excluding hydrogens is 314 g/mol. The first-order chi connectivity index (χ1) is 12.1. The first kappa shape index (κ1) is 16.6. The average Bonchev–Trinajstić information content (AvgIpc) is 3.02. The number of benzene rings is 2. The number of aromatic amines is 1. The van der Waals surface area contributed by atoms with Crippen LogP contribution in [0.2, 0.25) is 0 Å². The molecule has 0 fully saturated rings. The number of rotatable bonds is 6. The van der Waals surface area contributed by atoms with E-state index < -0.39 is 5.91 Å². The van der Waals surface area contributed by atoms with Crippen LogP contribution in [0.4, 0.5) is 5.69 Å². The second kappa shape index (κ2) is 7.13. The Hall–Kier alpha value is -3.21. The molecule has 0 spiro atoms. The molecule has 0 radical (unpaired) electrons. The van der Waals surface area contributed by atoms with Gasteiger partial charge in [0.1, 0.15) is 5.75 Å². The van der Waals surface area contributed by atoms with Crippen molar-refractivity contribution in [2.75, 3.05) is 12.4 Å². The Kier molecular flexibility index (Phi) is 4.75. The highest BCUT2D eigenvalue weighted by Crippen LogP contribution is 2.29. The van der Waals surface area contributed by atoms with Crippen LogP contribution in [0, 0.1) is 6.92 Å². The van der Waals surface area contributed by atoms with E-state index in [4.69, 9.17) is 10.5 Å². The molecule has 0 unspecified atom stereocenters. The SMILES string of the molecule is COc1ccc(CNc2ccccc2-c2cc(C(N)=O)c(C)[nH]2)cc1. The summed E-state index contributed by atoms with van der Waals surface area (Å²) in [5, 5.41) is 3.45. The zero-order valence-corrected chi connectivity index (χ0v) is 14.3. The highest BCUT2D eigenvalue weighted by Gasteiger charge is 2.13. The van der Waals surface area contributed by atoms with Gasteiger partial charge in [-0.1, -0.05) is 30.3 Å². The fourth-order valence-corrected chi connectivity index (χ4v) is 2.77. The van der Waals surface area contributed by atoms with Gasteiger partial charge in [-0.15, -0.1) is 0 Å². The molecule has 128 valence electrons. The molecule has 4 N–H and O–H groups in total. The summed E-state index contributed by atoms with van der Waals surface area (Å²) in [5.74, 6) is 0.411. The number of aryl methyl sites for hydroxylation is 1. The van der Waals surface area contributed by atoms with Crippen LogP contribution in [0.1, 0.15) is 21.6 Å². The monoisotopic (exact) mass is 335 g/mol. The van der Waals surface area contributed by atoms with E-state index in [0.29, 0.717) is 12.1 Å². The average molecular weight is 335 g/mol. The number of anilines is 1. The van der Waals surface area contributed by atoms with Crippen molar-refractivity contribution < 1.29 is 9.53 Å². The second-order valence-corrected chi connectivity index (χ2v) is 5.83. The van der Waals surface area contributed by atoms with E-state index >= 15 is 0 Å². The molecule has 0 aliphatic carbocycles. The molecule has 1 amide bonds. The van der Waals surface area contributed by atoms with E-state index in [1.807, 2.05) is 55.5 Å². The van der Waals surface area contributed by atoms with Crippen LogP contribution >= 0.6 is 0 Å². The van der Waals surface area contributed by atoms with E-state index in [2.05, 4.69) is 10.3 Å². The number of carbonyl (C=O) groups excluding carboxylic acids is 1. The molecule has 0 atom stereocenters. The van der Waals surface area contributed by atoms with E-state index in [0.717, 1.165) is 34.0 Å². The topological polar surface area (TPSA) is 80.1 Å². The standard InChI is InChI=1S/C20H21N3O2/c1-13-17(20(21)24)11-19(23-13)16-5-3-4-6-18(16)22-12-14-7-9-15(25-2)10-8-14/h3-11,22-23H,12H2,1-2H3,(H2,21,24). The van der Waals surface area contributed by atoms with Gasteiger partial charge in [0.15, 0.2) is 0 Å². The van der Waals surface area contributed by atoms with Crippen LogP contribution in [0.15, 0.2) is 54.6 Å². The van der Waals surface area contributed by atoms with Gasteiger partial charge in [-0.05, 0) is 36.8 Å². The third-order valence-corrected chi connectivity index (χ3v) is 4.14. The number of aromatic nitrogens is 1. The second-order valence-electron chi connectivity index (χ2n) is 5.83. The summed E-state index contributed by atoms with van der Waals surface area (Å²) in [5.41, 5.74) is 10.7. The van der Waals surface area contributed by atoms with Gasteiger partial charge in [-0.2, -0.15) is 0 Å². The minimum atomic E-state index is -0.427. The summed E-state index contributed by atoms with van der Waals surface area (Å²) in [4.78, 5) is 14.7. The lowest BCUT2D eigenvalue weighted by Crippen LogP contribution is -2.10. The van der Waals surface area contributed by atoms with Gasteiger partial charge in [-0.25, -0.2) is 0 Å². The first-order valence-corrected chi connectivity index (χ1v) is 8.04. The Labute approximate surface area is 146 Å². The van der Waals surface area contributed by atoms with E-state index in [1.54, 1.807) is 13.2 Å². The number of amides is 1. The summed E-state index contributed by atoms with van der Waals surface area (Å²) >= 11 is 0. The van der Waals surface area contributed by atoms with Gasteiger partial charge >= 0.3 is 0 Å². The molecule has 5 nitrogen and oxygen atoms in total. The lowest BCUT2D eigenvalue weighted by molar-refractivity contribution is 0.1000. The smallest absolute Gasteiger partial charge is 0.250 e. The van der Waals surface area contributed by atoms with Crippen LogP contribution in [0.25, 0.3) is 11.3 Å². The fraction of sp³-hybridized carbons (Fsp3) is 0.150. The quantitative estimate of drug-likeness (QED) is 0.642.